The first-order valence-electron chi connectivity index (χ1n) is 13.9. The molecule has 0 fully saturated rings. The summed E-state index contributed by atoms with van der Waals surface area (Å²) in [5.41, 5.74) is 3.80. The first kappa shape index (κ1) is 29.9. The molecule has 1 aromatic heterocycles. The minimum absolute atomic E-state index is 0.00793. The lowest BCUT2D eigenvalue weighted by molar-refractivity contribution is -0.152. The number of esters is 1. The molecule has 2 unspecified atom stereocenters. The molecule has 0 radical (unpaired) electrons. The van der Waals surface area contributed by atoms with Gasteiger partial charge in [-0.05, 0) is 57.2 Å². The molecule has 4 aromatic rings. The summed E-state index contributed by atoms with van der Waals surface area (Å²) in [7, 11) is 0. The number of halogens is 1. The molecule has 2 heterocycles. The van der Waals surface area contributed by atoms with Crippen molar-refractivity contribution in [3.63, 3.8) is 0 Å². The number of para-hydroxylation sites is 1. The Morgan fingerprint density at radius 3 is 2.47 bits per heavy atom. The van der Waals surface area contributed by atoms with E-state index >= 15 is 0 Å². The van der Waals surface area contributed by atoms with Crippen LogP contribution in [-0.2, 0) is 20.7 Å². The number of ether oxygens (including phenoxy) is 2. The molecule has 2 N–H and O–H groups in total. The van der Waals surface area contributed by atoms with Crippen LogP contribution in [0.2, 0.25) is 0 Å². The molecule has 220 valence electrons. The lowest BCUT2D eigenvalue weighted by Gasteiger charge is -2.27. The SMILES string of the molecule is O=C(NCC(OC(=O)C1NCCc2ccccc21)c1ccccc1)OCCN(C(=O)c1cncc(Br)c1)c1ccccc1. The minimum Gasteiger partial charge on any atom is -0.454 e. The van der Waals surface area contributed by atoms with Crippen molar-refractivity contribution < 1.29 is 23.9 Å². The van der Waals surface area contributed by atoms with E-state index in [0.717, 1.165) is 23.1 Å². The zero-order valence-electron chi connectivity index (χ0n) is 23.3. The Balaban J connectivity index is 1.20. The number of anilines is 1. The quantitative estimate of drug-likeness (QED) is 0.223. The number of benzene rings is 3. The fourth-order valence-electron chi connectivity index (χ4n) is 4.92. The van der Waals surface area contributed by atoms with Gasteiger partial charge in [0.1, 0.15) is 18.8 Å². The number of nitrogens with one attached hydrogen (secondary N) is 2. The number of carbonyl (C=O) groups excluding carboxylic acids is 3. The van der Waals surface area contributed by atoms with Gasteiger partial charge in [0.05, 0.1) is 18.7 Å². The summed E-state index contributed by atoms with van der Waals surface area (Å²) >= 11 is 3.35. The largest absolute Gasteiger partial charge is 0.454 e. The molecule has 1 aliphatic rings. The highest BCUT2D eigenvalue weighted by atomic mass is 79.9. The number of aromatic nitrogens is 1. The summed E-state index contributed by atoms with van der Waals surface area (Å²) in [6.45, 7) is 0.727. The molecule has 0 saturated carbocycles. The van der Waals surface area contributed by atoms with Crippen LogP contribution in [0.15, 0.2) is 108 Å². The highest BCUT2D eigenvalue weighted by molar-refractivity contribution is 9.10. The number of rotatable bonds is 10. The predicted octanol–water partition coefficient (Wildman–Crippen LogP) is 5.39. The number of nitrogens with zero attached hydrogens (tertiary/aromatic N) is 2. The maximum Gasteiger partial charge on any atom is 0.407 e. The van der Waals surface area contributed by atoms with Crippen LogP contribution in [-0.4, -0.2) is 49.2 Å². The molecular formula is C33H31BrN4O5. The molecule has 9 nitrogen and oxygen atoms in total. The molecule has 10 heteroatoms. The highest BCUT2D eigenvalue weighted by Gasteiger charge is 2.30. The van der Waals surface area contributed by atoms with Crippen LogP contribution in [0.5, 0.6) is 0 Å². The maximum atomic E-state index is 13.3. The van der Waals surface area contributed by atoms with Crippen molar-refractivity contribution in [3.05, 3.63) is 130 Å². The topological polar surface area (TPSA) is 110 Å². The molecule has 0 bridgehead atoms. The van der Waals surface area contributed by atoms with Gasteiger partial charge in [0, 0.05) is 29.1 Å². The van der Waals surface area contributed by atoms with Crippen LogP contribution in [0.3, 0.4) is 0 Å². The average molecular weight is 644 g/mol. The van der Waals surface area contributed by atoms with Crippen LogP contribution in [0.1, 0.15) is 39.2 Å². The van der Waals surface area contributed by atoms with E-state index < -0.39 is 24.2 Å². The summed E-state index contributed by atoms with van der Waals surface area (Å²) in [6.07, 6.45) is 2.50. The summed E-state index contributed by atoms with van der Waals surface area (Å²) in [4.78, 5) is 45.0. The fourth-order valence-corrected chi connectivity index (χ4v) is 5.28. The monoisotopic (exact) mass is 642 g/mol. The Labute approximate surface area is 258 Å². The summed E-state index contributed by atoms with van der Waals surface area (Å²) in [5.74, 6) is -0.701. The normalized spacial score (nSPS) is 14.6. The third-order valence-electron chi connectivity index (χ3n) is 7.02. The van der Waals surface area contributed by atoms with Gasteiger partial charge in [-0.15, -0.1) is 0 Å². The molecule has 0 spiro atoms. The molecule has 5 rings (SSSR count). The van der Waals surface area contributed by atoms with E-state index in [2.05, 4.69) is 31.5 Å². The number of amides is 2. The van der Waals surface area contributed by atoms with Crippen molar-refractivity contribution in [1.82, 2.24) is 15.6 Å². The lowest BCUT2D eigenvalue weighted by atomic mass is 9.94. The number of carbonyl (C=O) groups is 3. The lowest BCUT2D eigenvalue weighted by Crippen LogP contribution is -2.39. The van der Waals surface area contributed by atoms with Gasteiger partial charge in [0.25, 0.3) is 5.91 Å². The van der Waals surface area contributed by atoms with Gasteiger partial charge in [0.15, 0.2) is 0 Å². The van der Waals surface area contributed by atoms with Gasteiger partial charge in [-0.25, -0.2) is 9.59 Å². The minimum atomic E-state index is -0.733. The molecule has 3 aromatic carbocycles. The van der Waals surface area contributed by atoms with E-state index in [1.54, 1.807) is 12.3 Å². The number of hydrogen-bond acceptors (Lipinski definition) is 7. The van der Waals surface area contributed by atoms with Gasteiger partial charge in [-0.2, -0.15) is 0 Å². The second-order valence-corrected chi connectivity index (χ2v) is 10.8. The van der Waals surface area contributed by atoms with Crippen molar-refractivity contribution in [2.45, 2.75) is 18.6 Å². The van der Waals surface area contributed by atoms with Crippen LogP contribution in [0, 0.1) is 0 Å². The zero-order valence-corrected chi connectivity index (χ0v) is 24.9. The van der Waals surface area contributed by atoms with E-state index in [4.69, 9.17) is 9.47 Å². The average Bonchev–Trinajstić information content (AvgIpc) is 3.05. The van der Waals surface area contributed by atoms with Crippen molar-refractivity contribution in [2.75, 3.05) is 31.1 Å². The van der Waals surface area contributed by atoms with Crippen molar-refractivity contribution in [1.29, 1.82) is 0 Å². The van der Waals surface area contributed by atoms with Gasteiger partial charge in [-0.3, -0.25) is 9.78 Å². The van der Waals surface area contributed by atoms with Crippen LogP contribution < -0.4 is 15.5 Å². The molecule has 0 saturated heterocycles. The molecule has 43 heavy (non-hydrogen) atoms. The highest BCUT2D eigenvalue weighted by Crippen LogP contribution is 2.27. The molecule has 0 aliphatic carbocycles. The fraction of sp³-hybridized carbons (Fsp3) is 0.212. The standard InChI is InChI=1S/C33H31BrN4O5/c34-26-19-25(20-35-21-26)31(39)38(27-12-5-2-6-13-27)17-18-42-33(41)37-22-29(24-10-3-1-4-11-24)43-32(40)30-28-14-8-7-9-23(28)15-16-36-30/h1-14,19-21,29-30,36H,15-18,22H2,(H,37,41). The van der Waals surface area contributed by atoms with Gasteiger partial charge in [-0.1, -0.05) is 72.8 Å². The van der Waals surface area contributed by atoms with Crippen molar-refractivity contribution in [3.8, 4) is 0 Å². The predicted molar refractivity (Wildman–Crippen MR) is 166 cm³/mol. The Morgan fingerprint density at radius 2 is 1.70 bits per heavy atom. The Bertz CT molecular complexity index is 1550. The molecular weight excluding hydrogens is 612 g/mol. The molecule has 2 atom stereocenters. The Morgan fingerprint density at radius 1 is 0.977 bits per heavy atom. The second-order valence-electron chi connectivity index (χ2n) is 9.87. The van der Waals surface area contributed by atoms with Crippen LogP contribution >= 0.6 is 15.9 Å². The smallest absolute Gasteiger partial charge is 0.407 e. The van der Waals surface area contributed by atoms with Crippen molar-refractivity contribution in [2.24, 2.45) is 0 Å². The van der Waals surface area contributed by atoms with Gasteiger partial charge in [0.2, 0.25) is 0 Å². The molecule has 2 amide bonds. The Kier molecular flexibility index (Phi) is 10.1. The second kappa shape index (κ2) is 14.6. The van der Waals surface area contributed by atoms with E-state index in [-0.39, 0.29) is 25.6 Å². The van der Waals surface area contributed by atoms with Gasteiger partial charge >= 0.3 is 12.1 Å². The number of alkyl carbamates (subject to hydrolysis) is 1. The van der Waals surface area contributed by atoms with E-state index in [0.29, 0.717) is 22.3 Å². The first-order chi connectivity index (χ1) is 21.0. The third kappa shape index (κ3) is 7.85. The first-order valence-corrected chi connectivity index (χ1v) is 14.7. The maximum absolute atomic E-state index is 13.3. The van der Waals surface area contributed by atoms with E-state index in [9.17, 15) is 14.4 Å². The third-order valence-corrected chi connectivity index (χ3v) is 7.45. The van der Waals surface area contributed by atoms with Crippen molar-refractivity contribution >= 4 is 39.6 Å². The van der Waals surface area contributed by atoms with Crippen LogP contribution in [0.25, 0.3) is 0 Å². The number of pyridine rings is 1. The number of fused-ring (bicyclic) bond motifs is 1. The van der Waals surface area contributed by atoms with E-state index in [1.165, 1.54) is 11.1 Å². The molecule has 1 aliphatic heterocycles. The van der Waals surface area contributed by atoms with Crippen LogP contribution in [0.4, 0.5) is 10.5 Å². The zero-order chi connectivity index (χ0) is 30.0. The summed E-state index contributed by atoms with van der Waals surface area (Å²) in [5, 5.41) is 5.96. The van der Waals surface area contributed by atoms with Gasteiger partial charge < -0.3 is 25.0 Å². The summed E-state index contributed by atoms with van der Waals surface area (Å²) in [6, 6.07) is 27.3. The van der Waals surface area contributed by atoms with E-state index in [1.807, 2.05) is 84.9 Å². The number of hydrogen-bond donors (Lipinski definition) is 2. The Hall–Kier alpha value is -4.54. The summed E-state index contributed by atoms with van der Waals surface area (Å²) < 4.78 is 12.1.